The lowest BCUT2D eigenvalue weighted by molar-refractivity contribution is 0.445. The summed E-state index contributed by atoms with van der Waals surface area (Å²) in [7, 11) is 0. The molecule has 0 saturated heterocycles. The summed E-state index contributed by atoms with van der Waals surface area (Å²) in [5.74, 6) is 0. The Morgan fingerprint density at radius 2 is 2.00 bits per heavy atom. The van der Waals surface area contributed by atoms with E-state index in [0.29, 0.717) is 12.5 Å². The van der Waals surface area contributed by atoms with Crippen LogP contribution in [0.1, 0.15) is 24.8 Å². The van der Waals surface area contributed by atoms with E-state index in [9.17, 15) is 0 Å². The van der Waals surface area contributed by atoms with Gasteiger partial charge in [-0.15, -0.1) is 0 Å². The second-order valence-electron chi connectivity index (χ2n) is 3.80. The maximum Gasteiger partial charge on any atom is 0.0669 e. The van der Waals surface area contributed by atoms with Gasteiger partial charge in [0.15, 0.2) is 0 Å². The van der Waals surface area contributed by atoms with Crippen LogP contribution in [-0.2, 0) is 6.42 Å². The first kappa shape index (κ1) is 9.08. The summed E-state index contributed by atoms with van der Waals surface area (Å²) >= 11 is 0. The van der Waals surface area contributed by atoms with Gasteiger partial charge in [0.05, 0.1) is 12.5 Å². The van der Waals surface area contributed by atoms with Gasteiger partial charge in [-0.2, -0.15) is 5.26 Å². The molecule has 0 atom stereocenters. The van der Waals surface area contributed by atoms with Crippen LogP contribution >= 0.6 is 0 Å². The lowest BCUT2D eigenvalue weighted by Gasteiger charge is -2.27. The summed E-state index contributed by atoms with van der Waals surface area (Å²) < 4.78 is 0. The molecule has 2 heteroatoms. The molecule has 0 bridgehead atoms. The van der Waals surface area contributed by atoms with Crippen molar-refractivity contribution in [1.82, 2.24) is 0 Å². The van der Waals surface area contributed by atoms with Gasteiger partial charge >= 0.3 is 0 Å². The van der Waals surface area contributed by atoms with Crippen LogP contribution in [-0.4, -0.2) is 6.04 Å². The summed E-state index contributed by atoms with van der Waals surface area (Å²) in [5.41, 5.74) is 2.27. The number of hydrogen-bond acceptors (Lipinski definition) is 2. The molecule has 0 unspecified atom stereocenters. The Kier molecular flexibility index (Phi) is 2.69. The van der Waals surface area contributed by atoms with Crippen molar-refractivity contribution < 1.29 is 0 Å². The van der Waals surface area contributed by atoms with Gasteiger partial charge in [-0.25, -0.2) is 0 Å². The highest BCUT2D eigenvalue weighted by atomic mass is 14.9. The Hall–Kier alpha value is -1.49. The fraction of sp³-hybridized carbons (Fsp3) is 0.417. The summed E-state index contributed by atoms with van der Waals surface area (Å²) in [6.07, 6.45) is 4.44. The van der Waals surface area contributed by atoms with Crippen molar-refractivity contribution in [3.8, 4) is 6.07 Å². The molecular weight excluding hydrogens is 172 g/mol. The number of hydrogen-bond donors (Lipinski definition) is 1. The van der Waals surface area contributed by atoms with Crippen LogP contribution in [0.25, 0.3) is 0 Å². The Morgan fingerprint density at radius 3 is 2.50 bits per heavy atom. The van der Waals surface area contributed by atoms with E-state index in [4.69, 9.17) is 5.26 Å². The summed E-state index contributed by atoms with van der Waals surface area (Å²) in [6, 6.07) is 11.0. The maximum absolute atomic E-state index is 8.52. The first-order valence-electron chi connectivity index (χ1n) is 5.11. The third-order valence-electron chi connectivity index (χ3n) is 2.71. The van der Waals surface area contributed by atoms with Crippen LogP contribution in [0.4, 0.5) is 5.69 Å². The minimum atomic E-state index is 0.504. The van der Waals surface area contributed by atoms with Crippen molar-refractivity contribution in [3.05, 3.63) is 29.8 Å². The molecule has 1 aromatic rings. The number of anilines is 1. The van der Waals surface area contributed by atoms with Gasteiger partial charge in [-0.1, -0.05) is 12.1 Å². The number of nitrogens with one attached hydrogen (secondary N) is 1. The minimum absolute atomic E-state index is 0.504. The molecule has 1 aliphatic carbocycles. The first-order chi connectivity index (χ1) is 6.88. The molecule has 1 aliphatic rings. The van der Waals surface area contributed by atoms with E-state index in [1.165, 1.54) is 24.9 Å². The second-order valence-corrected chi connectivity index (χ2v) is 3.80. The second kappa shape index (κ2) is 4.15. The van der Waals surface area contributed by atoms with Crippen LogP contribution < -0.4 is 5.32 Å². The zero-order chi connectivity index (χ0) is 9.80. The average Bonchev–Trinajstić information content (AvgIpc) is 2.14. The molecule has 1 fully saturated rings. The van der Waals surface area contributed by atoms with E-state index in [-0.39, 0.29) is 0 Å². The van der Waals surface area contributed by atoms with Crippen molar-refractivity contribution in [3.63, 3.8) is 0 Å². The van der Waals surface area contributed by atoms with E-state index in [1.54, 1.807) is 0 Å². The first-order valence-corrected chi connectivity index (χ1v) is 5.11. The predicted octanol–water partition coefficient (Wildman–Crippen LogP) is 2.72. The van der Waals surface area contributed by atoms with Gasteiger partial charge in [-0.3, -0.25) is 0 Å². The third-order valence-corrected chi connectivity index (χ3v) is 2.71. The molecule has 1 aromatic carbocycles. The Bertz CT molecular complexity index is 330. The molecule has 1 N–H and O–H groups in total. The standard InChI is InChI=1S/C12H14N2/c13-9-8-10-4-6-12(7-5-10)14-11-2-1-3-11/h4-7,11,14H,1-3,8H2. The van der Waals surface area contributed by atoms with Crippen molar-refractivity contribution in [2.24, 2.45) is 0 Å². The summed E-state index contributed by atoms with van der Waals surface area (Å²) in [4.78, 5) is 0. The summed E-state index contributed by atoms with van der Waals surface area (Å²) in [5, 5.41) is 12.0. The molecule has 0 aromatic heterocycles. The van der Waals surface area contributed by atoms with Gasteiger partial charge in [0.1, 0.15) is 0 Å². The number of benzene rings is 1. The molecule has 14 heavy (non-hydrogen) atoms. The van der Waals surface area contributed by atoms with Crippen molar-refractivity contribution in [1.29, 1.82) is 5.26 Å². The fourth-order valence-electron chi connectivity index (χ4n) is 1.60. The molecular formula is C12H14N2. The van der Waals surface area contributed by atoms with E-state index in [1.807, 2.05) is 12.1 Å². The van der Waals surface area contributed by atoms with Gasteiger partial charge in [0.2, 0.25) is 0 Å². The van der Waals surface area contributed by atoms with Gasteiger partial charge in [0, 0.05) is 11.7 Å². The van der Waals surface area contributed by atoms with Crippen molar-refractivity contribution in [2.75, 3.05) is 5.32 Å². The highest BCUT2D eigenvalue weighted by molar-refractivity contribution is 5.46. The van der Waals surface area contributed by atoms with Gasteiger partial charge in [-0.05, 0) is 37.0 Å². The maximum atomic E-state index is 8.52. The van der Waals surface area contributed by atoms with E-state index in [2.05, 4.69) is 23.5 Å². The lowest BCUT2D eigenvalue weighted by Crippen LogP contribution is -2.26. The average molecular weight is 186 g/mol. The Balaban J connectivity index is 1.95. The molecule has 0 aliphatic heterocycles. The zero-order valence-corrected chi connectivity index (χ0v) is 8.16. The van der Waals surface area contributed by atoms with Crippen LogP contribution in [0, 0.1) is 11.3 Å². The van der Waals surface area contributed by atoms with Crippen LogP contribution in [0.2, 0.25) is 0 Å². The van der Waals surface area contributed by atoms with E-state index in [0.717, 1.165) is 5.56 Å². The normalized spacial score (nSPS) is 15.6. The quantitative estimate of drug-likeness (QED) is 0.787. The van der Waals surface area contributed by atoms with Crippen LogP contribution in [0.15, 0.2) is 24.3 Å². The Labute approximate surface area is 84.6 Å². The molecule has 0 amide bonds. The molecule has 0 radical (unpaired) electrons. The van der Waals surface area contributed by atoms with Gasteiger partial charge in [0.25, 0.3) is 0 Å². The van der Waals surface area contributed by atoms with Crippen LogP contribution in [0.5, 0.6) is 0 Å². The third kappa shape index (κ3) is 2.05. The molecule has 72 valence electrons. The number of rotatable bonds is 3. The zero-order valence-electron chi connectivity index (χ0n) is 8.16. The van der Waals surface area contributed by atoms with E-state index >= 15 is 0 Å². The largest absolute Gasteiger partial charge is 0.382 e. The SMILES string of the molecule is N#CCc1ccc(NC2CCC2)cc1. The predicted molar refractivity (Wildman–Crippen MR) is 57.0 cm³/mol. The molecule has 2 rings (SSSR count). The monoisotopic (exact) mass is 186 g/mol. The van der Waals surface area contributed by atoms with Crippen LogP contribution in [0.3, 0.4) is 0 Å². The molecule has 0 spiro atoms. The fourth-order valence-corrected chi connectivity index (χ4v) is 1.60. The molecule has 2 nitrogen and oxygen atoms in total. The summed E-state index contributed by atoms with van der Waals surface area (Å²) in [6.45, 7) is 0. The van der Waals surface area contributed by atoms with Crippen molar-refractivity contribution >= 4 is 5.69 Å². The smallest absolute Gasteiger partial charge is 0.0669 e. The highest BCUT2D eigenvalue weighted by Gasteiger charge is 2.16. The molecule has 1 saturated carbocycles. The number of nitriles is 1. The number of nitrogens with zero attached hydrogens (tertiary/aromatic N) is 1. The lowest BCUT2D eigenvalue weighted by atomic mass is 9.93. The topological polar surface area (TPSA) is 35.8 Å². The Morgan fingerprint density at radius 1 is 1.29 bits per heavy atom. The minimum Gasteiger partial charge on any atom is -0.382 e. The van der Waals surface area contributed by atoms with E-state index < -0.39 is 0 Å². The highest BCUT2D eigenvalue weighted by Crippen LogP contribution is 2.23. The van der Waals surface area contributed by atoms with Crippen molar-refractivity contribution in [2.45, 2.75) is 31.7 Å². The molecule has 0 heterocycles. The van der Waals surface area contributed by atoms with Gasteiger partial charge < -0.3 is 5.32 Å².